The van der Waals surface area contributed by atoms with Crippen molar-refractivity contribution in [2.24, 2.45) is 17.8 Å². The molecule has 0 aromatic heterocycles. The van der Waals surface area contributed by atoms with Crippen LogP contribution in [0.4, 0.5) is 0 Å². The van der Waals surface area contributed by atoms with Gasteiger partial charge in [0.15, 0.2) is 0 Å². The van der Waals surface area contributed by atoms with Crippen molar-refractivity contribution in [1.29, 1.82) is 0 Å². The zero-order valence-electron chi connectivity index (χ0n) is 22.6. The summed E-state index contributed by atoms with van der Waals surface area (Å²) < 4.78 is 12.2. The maximum Gasteiger partial charge on any atom is 0.305 e. The van der Waals surface area contributed by atoms with Crippen molar-refractivity contribution in [3.05, 3.63) is 23.5 Å². The van der Waals surface area contributed by atoms with E-state index in [1.807, 2.05) is 0 Å². The Kier molecular flexibility index (Phi) is 17.2. The number of carbonyl (C=O) groups is 1. The zero-order chi connectivity index (χ0) is 24.3. The van der Waals surface area contributed by atoms with E-state index in [-0.39, 0.29) is 5.97 Å². The number of allylic oxidation sites excluding steroid dienone is 4. The molecular weight excluding hydrogens is 408 g/mol. The van der Waals surface area contributed by atoms with E-state index in [4.69, 9.17) is 9.47 Å². The molecule has 33 heavy (non-hydrogen) atoms. The number of hydrogen-bond acceptors (Lipinski definition) is 3. The van der Waals surface area contributed by atoms with E-state index in [2.05, 4.69) is 46.8 Å². The Morgan fingerprint density at radius 3 is 2.24 bits per heavy atom. The largest absolute Gasteiger partial charge is 0.498 e. The lowest BCUT2D eigenvalue weighted by Crippen LogP contribution is -2.20. The SMILES string of the molecule is CCC/C=C\CC(COC(CC(CC)COC(=O)CCCCCCCC)=C1CCC1)C(C)C. The molecule has 0 aromatic carbocycles. The average molecular weight is 463 g/mol. The van der Waals surface area contributed by atoms with Crippen LogP contribution in [-0.4, -0.2) is 19.2 Å². The summed E-state index contributed by atoms with van der Waals surface area (Å²) in [6.45, 7) is 12.6. The molecule has 2 unspecified atom stereocenters. The molecule has 1 aliphatic carbocycles. The number of rotatable bonds is 20. The minimum Gasteiger partial charge on any atom is -0.498 e. The fourth-order valence-electron chi connectivity index (χ4n) is 4.15. The van der Waals surface area contributed by atoms with Crippen LogP contribution in [-0.2, 0) is 14.3 Å². The predicted molar refractivity (Wildman–Crippen MR) is 141 cm³/mol. The maximum absolute atomic E-state index is 12.2. The van der Waals surface area contributed by atoms with E-state index in [9.17, 15) is 4.79 Å². The molecule has 0 aromatic rings. The second-order valence-corrected chi connectivity index (χ2v) is 10.4. The van der Waals surface area contributed by atoms with Gasteiger partial charge in [-0.15, -0.1) is 0 Å². The van der Waals surface area contributed by atoms with E-state index in [0.717, 1.165) is 45.1 Å². The summed E-state index contributed by atoms with van der Waals surface area (Å²) in [5, 5.41) is 0. The van der Waals surface area contributed by atoms with Crippen molar-refractivity contribution in [2.75, 3.05) is 13.2 Å². The van der Waals surface area contributed by atoms with Crippen molar-refractivity contribution >= 4 is 5.97 Å². The Morgan fingerprint density at radius 1 is 0.909 bits per heavy atom. The molecule has 0 saturated heterocycles. The smallest absolute Gasteiger partial charge is 0.305 e. The second kappa shape index (κ2) is 19.1. The first-order valence-corrected chi connectivity index (χ1v) is 14.2. The highest BCUT2D eigenvalue weighted by molar-refractivity contribution is 5.69. The minimum atomic E-state index is -0.0264. The number of unbranched alkanes of at least 4 members (excludes halogenated alkanes) is 6. The van der Waals surface area contributed by atoms with Crippen molar-refractivity contribution in [3.63, 3.8) is 0 Å². The van der Waals surface area contributed by atoms with Gasteiger partial charge in [-0.1, -0.05) is 85.3 Å². The highest BCUT2D eigenvalue weighted by Crippen LogP contribution is 2.33. The topological polar surface area (TPSA) is 35.5 Å². The minimum absolute atomic E-state index is 0.0264. The molecule has 192 valence electrons. The lowest BCUT2D eigenvalue weighted by molar-refractivity contribution is -0.145. The molecule has 1 aliphatic rings. The van der Waals surface area contributed by atoms with Gasteiger partial charge in [0, 0.05) is 12.8 Å². The Bertz CT molecular complexity index is 555. The number of hydrogen-bond donors (Lipinski definition) is 0. The van der Waals surface area contributed by atoms with Crippen LogP contribution < -0.4 is 0 Å². The molecule has 0 aliphatic heterocycles. The molecule has 0 bridgehead atoms. The second-order valence-electron chi connectivity index (χ2n) is 10.4. The molecule has 1 saturated carbocycles. The Hall–Kier alpha value is -1.25. The predicted octanol–water partition coefficient (Wildman–Crippen LogP) is 9.17. The van der Waals surface area contributed by atoms with Crippen LogP contribution in [0.3, 0.4) is 0 Å². The van der Waals surface area contributed by atoms with E-state index in [1.54, 1.807) is 0 Å². The molecule has 0 radical (unpaired) electrons. The Balaban J connectivity index is 2.47. The molecule has 3 heteroatoms. The summed E-state index contributed by atoms with van der Waals surface area (Å²) in [7, 11) is 0. The number of carbonyl (C=O) groups excluding carboxylic acids is 1. The summed E-state index contributed by atoms with van der Waals surface area (Å²) in [6.07, 6.45) is 21.4. The molecule has 3 nitrogen and oxygen atoms in total. The van der Waals surface area contributed by atoms with Crippen LogP contribution in [0, 0.1) is 17.8 Å². The Labute approximate surface area is 205 Å². The highest BCUT2D eigenvalue weighted by atomic mass is 16.5. The fraction of sp³-hybridized carbons (Fsp3) is 0.833. The van der Waals surface area contributed by atoms with Crippen molar-refractivity contribution in [1.82, 2.24) is 0 Å². The molecule has 1 rings (SSSR count). The van der Waals surface area contributed by atoms with Crippen LogP contribution in [0.25, 0.3) is 0 Å². The summed E-state index contributed by atoms with van der Waals surface area (Å²) in [6, 6.07) is 0. The average Bonchev–Trinajstić information content (AvgIpc) is 2.76. The number of esters is 1. The molecule has 0 amide bonds. The zero-order valence-corrected chi connectivity index (χ0v) is 22.6. The third-order valence-corrected chi connectivity index (χ3v) is 7.09. The van der Waals surface area contributed by atoms with Crippen LogP contribution >= 0.6 is 0 Å². The molecule has 1 fully saturated rings. The molecule has 0 N–H and O–H groups in total. The van der Waals surface area contributed by atoms with Crippen molar-refractivity contribution < 1.29 is 14.3 Å². The number of ether oxygens (including phenoxy) is 2. The van der Waals surface area contributed by atoms with Gasteiger partial charge in [0.05, 0.1) is 19.0 Å². The van der Waals surface area contributed by atoms with Gasteiger partial charge in [-0.05, 0) is 68.3 Å². The lowest BCUT2D eigenvalue weighted by atomic mass is 9.88. The van der Waals surface area contributed by atoms with Gasteiger partial charge in [0.1, 0.15) is 0 Å². The van der Waals surface area contributed by atoms with E-state index < -0.39 is 0 Å². The highest BCUT2D eigenvalue weighted by Gasteiger charge is 2.22. The third kappa shape index (κ3) is 13.9. The van der Waals surface area contributed by atoms with Gasteiger partial charge < -0.3 is 9.47 Å². The van der Waals surface area contributed by atoms with Gasteiger partial charge in [0.2, 0.25) is 0 Å². The van der Waals surface area contributed by atoms with Gasteiger partial charge in [-0.2, -0.15) is 0 Å². The summed E-state index contributed by atoms with van der Waals surface area (Å²) in [5.41, 5.74) is 1.50. The van der Waals surface area contributed by atoms with Gasteiger partial charge in [-0.3, -0.25) is 4.79 Å². The first kappa shape index (κ1) is 29.8. The van der Waals surface area contributed by atoms with E-state index in [0.29, 0.717) is 30.8 Å². The summed E-state index contributed by atoms with van der Waals surface area (Å²) >= 11 is 0. The van der Waals surface area contributed by atoms with Crippen LogP contribution in [0.15, 0.2) is 23.5 Å². The quantitative estimate of drug-likeness (QED) is 0.0782. The third-order valence-electron chi connectivity index (χ3n) is 7.09. The van der Waals surface area contributed by atoms with Gasteiger partial charge in [0.25, 0.3) is 0 Å². The van der Waals surface area contributed by atoms with Gasteiger partial charge in [-0.25, -0.2) is 0 Å². The van der Waals surface area contributed by atoms with E-state index in [1.165, 1.54) is 62.7 Å². The van der Waals surface area contributed by atoms with E-state index >= 15 is 0 Å². The monoisotopic (exact) mass is 462 g/mol. The Morgan fingerprint density at radius 2 is 1.64 bits per heavy atom. The summed E-state index contributed by atoms with van der Waals surface area (Å²) in [5.74, 6) is 2.67. The summed E-state index contributed by atoms with van der Waals surface area (Å²) in [4.78, 5) is 12.2. The first-order chi connectivity index (χ1) is 16.0. The van der Waals surface area contributed by atoms with Crippen LogP contribution in [0.2, 0.25) is 0 Å². The molecule has 0 spiro atoms. The maximum atomic E-state index is 12.2. The molecule has 0 heterocycles. The molecule has 2 atom stereocenters. The molecular formula is C30H54O3. The normalized spacial score (nSPS) is 15.5. The van der Waals surface area contributed by atoms with Crippen molar-refractivity contribution in [3.8, 4) is 0 Å². The first-order valence-electron chi connectivity index (χ1n) is 14.2. The lowest BCUT2D eigenvalue weighted by Gasteiger charge is -2.28. The van der Waals surface area contributed by atoms with Crippen molar-refractivity contribution in [2.45, 2.75) is 131 Å². The van der Waals surface area contributed by atoms with Gasteiger partial charge >= 0.3 is 5.97 Å². The fourth-order valence-corrected chi connectivity index (χ4v) is 4.15. The standard InChI is InChI=1S/C30H54O3/c1-6-9-11-13-14-16-21-30(31)33-23-26(8-3)22-29(27-19-17-20-27)32-24-28(25(4)5)18-15-12-10-7-2/h12,15,25-26,28H,6-11,13-14,16-24H2,1-5H3/b15-12-. The van der Waals surface area contributed by atoms with Crippen LogP contribution in [0.1, 0.15) is 131 Å². The van der Waals surface area contributed by atoms with Crippen LogP contribution in [0.5, 0.6) is 0 Å².